The molecule has 0 saturated heterocycles. The Hall–Kier alpha value is -1.98. The van der Waals surface area contributed by atoms with E-state index in [1.807, 2.05) is 4.68 Å². The Morgan fingerprint density at radius 1 is 1.38 bits per heavy atom. The standard InChI is InChI=1S/C15H20FN5/c1-2-10-4-3-5-12(8-10)21-15(18-19-20-21)11-6-7-14(17)13(16)9-11/h6-7,9-10,12H,2-5,8,17H2,1H3. The van der Waals surface area contributed by atoms with Crippen LogP contribution in [-0.4, -0.2) is 20.2 Å². The third-order valence-electron chi connectivity index (χ3n) is 4.43. The van der Waals surface area contributed by atoms with Crippen LogP contribution in [0.4, 0.5) is 10.1 Å². The monoisotopic (exact) mass is 289 g/mol. The zero-order chi connectivity index (χ0) is 14.8. The molecule has 0 aliphatic heterocycles. The first-order valence-corrected chi connectivity index (χ1v) is 7.52. The average Bonchev–Trinajstić information content (AvgIpc) is 2.99. The van der Waals surface area contributed by atoms with Crippen LogP contribution in [0.1, 0.15) is 45.1 Å². The summed E-state index contributed by atoms with van der Waals surface area (Å²) in [6, 6.07) is 5.02. The van der Waals surface area contributed by atoms with E-state index in [1.165, 1.54) is 25.3 Å². The molecule has 0 spiro atoms. The summed E-state index contributed by atoms with van der Waals surface area (Å²) in [6.45, 7) is 2.23. The maximum Gasteiger partial charge on any atom is 0.182 e. The Labute approximate surface area is 123 Å². The van der Waals surface area contributed by atoms with Crippen molar-refractivity contribution in [2.24, 2.45) is 5.92 Å². The van der Waals surface area contributed by atoms with E-state index < -0.39 is 5.82 Å². The fourth-order valence-electron chi connectivity index (χ4n) is 3.15. The number of nitrogen functional groups attached to an aromatic ring is 1. The van der Waals surface area contributed by atoms with Gasteiger partial charge in [0.15, 0.2) is 5.82 Å². The minimum Gasteiger partial charge on any atom is -0.396 e. The van der Waals surface area contributed by atoms with Crippen LogP contribution < -0.4 is 5.73 Å². The zero-order valence-electron chi connectivity index (χ0n) is 12.2. The van der Waals surface area contributed by atoms with Crippen LogP contribution in [0.15, 0.2) is 18.2 Å². The lowest BCUT2D eigenvalue weighted by molar-refractivity contribution is 0.246. The van der Waals surface area contributed by atoms with Gasteiger partial charge in [-0.2, -0.15) is 0 Å². The Morgan fingerprint density at radius 3 is 3.00 bits per heavy atom. The summed E-state index contributed by atoms with van der Waals surface area (Å²) in [4.78, 5) is 0. The topological polar surface area (TPSA) is 69.6 Å². The molecular weight excluding hydrogens is 269 g/mol. The molecule has 1 heterocycles. The van der Waals surface area contributed by atoms with Gasteiger partial charge in [0.2, 0.25) is 0 Å². The van der Waals surface area contributed by atoms with Gasteiger partial charge in [0.25, 0.3) is 0 Å². The van der Waals surface area contributed by atoms with Crippen molar-refractivity contribution in [1.29, 1.82) is 0 Å². The lowest BCUT2D eigenvalue weighted by atomic mass is 9.84. The first kappa shape index (κ1) is 14.0. The van der Waals surface area contributed by atoms with Gasteiger partial charge in [0.1, 0.15) is 5.82 Å². The molecule has 2 atom stereocenters. The van der Waals surface area contributed by atoms with Crippen LogP contribution in [0, 0.1) is 11.7 Å². The highest BCUT2D eigenvalue weighted by atomic mass is 19.1. The summed E-state index contributed by atoms with van der Waals surface area (Å²) >= 11 is 0. The molecule has 5 nitrogen and oxygen atoms in total. The first-order chi connectivity index (χ1) is 10.2. The molecule has 3 rings (SSSR count). The van der Waals surface area contributed by atoms with E-state index in [9.17, 15) is 4.39 Å². The van der Waals surface area contributed by atoms with Gasteiger partial charge in [-0.15, -0.1) is 5.10 Å². The quantitative estimate of drug-likeness (QED) is 0.881. The van der Waals surface area contributed by atoms with Gasteiger partial charge in [-0.05, 0) is 47.4 Å². The third-order valence-corrected chi connectivity index (χ3v) is 4.43. The molecular formula is C15H20FN5. The van der Waals surface area contributed by atoms with Crippen molar-refractivity contribution in [3.8, 4) is 11.4 Å². The number of halogens is 1. The molecule has 0 amide bonds. The Kier molecular flexibility index (Phi) is 3.86. The van der Waals surface area contributed by atoms with E-state index in [0.717, 1.165) is 18.8 Å². The Bertz CT molecular complexity index is 624. The van der Waals surface area contributed by atoms with E-state index in [0.29, 0.717) is 17.4 Å². The summed E-state index contributed by atoms with van der Waals surface area (Å²) < 4.78 is 15.5. The largest absolute Gasteiger partial charge is 0.396 e. The summed E-state index contributed by atoms with van der Waals surface area (Å²) in [5.74, 6) is 0.914. The summed E-state index contributed by atoms with van der Waals surface area (Å²) in [7, 11) is 0. The van der Waals surface area contributed by atoms with Crippen molar-refractivity contribution >= 4 is 5.69 Å². The molecule has 2 N–H and O–H groups in total. The summed E-state index contributed by atoms with van der Waals surface area (Å²) in [6.07, 6.45) is 5.82. The molecule has 1 aliphatic rings. The van der Waals surface area contributed by atoms with Gasteiger partial charge >= 0.3 is 0 Å². The summed E-state index contributed by atoms with van der Waals surface area (Å²) in [5, 5.41) is 12.0. The van der Waals surface area contributed by atoms with Crippen molar-refractivity contribution in [3.63, 3.8) is 0 Å². The second kappa shape index (κ2) is 5.79. The van der Waals surface area contributed by atoms with Gasteiger partial charge in [0, 0.05) is 5.56 Å². The molecule has 0 bridgehead atoms. The van der Waals surface area contributed by atoms with Gasteiger partial charge in [0.05, 0.1) is 11.7 Å². The number of nitrogens with two attached hydrogens (primary N) is 1. The molecule has 1 aromatic heterocycles. The minimum absolute atomic E-state index is 0.140. The molecule has 0 radical (unpaired) electrons. The molecule has 6 heteroatoms. The Morgan fingerprint density at radius 2 is 2.24 bits per heavy atom. The van der Waals surface area contributed by atoms with Crippen LogP contribution >= 0.6 is 0 Å². The third kappa shape index (κ3) is 2.75. The molecule has 21 heavy (non-hydrogen) atoms. The highest BCUT2D eigenvalue weighted by Crippen LogP contribution is 2.35. The summed E-state index contributed by atoms with van der Waals surface area (Å²) in [5.41, 5.74) is 6.34. The maximum atomic E-state index is 13.7. The van der Waals surface area contributed by atoms with Crippen LogP contribution in [0.2, 0.25) is 0 Å². The number of tetrazole rings is 1. The minimum atomic E-state index is -0.433. The predicted molar refractivity (Wildman–Crippen MR) is 78.9 cm³/mol. The first-order valence-electron chi connectivity index (χ1n) is 7.52. The van der Waals surface area contributed by atoms with Gasteiger partial charge in [-0.3, -0.25) is 0 Å². The fraction of sp³-hybridized carbons (Fsp3) is 0.533. The van der Waals surface area contributed by atoms with E-state index >= 15 is 0 Å². The van der Waals surface area contributed by atoms with Crippen molar-refractivity contribution in [3.05, 3.63) is 24.0 Å². The second-order valence-electron chi connectivity index (χ2n) is 5.78. The van der Waals surface area contributed by atoms with Gasteiger partial charge < -0.3 is 5.73 Å². The number of hydrogen-bond donors (Lipinski definition) is 1. The smallest absolute Gasteiger partial charge is 0.182 e. The van der Waals surface area contributed by atoms with Crippen LogP contribution in [0.5, 0.6) is 0 Å². The maximum absolute atomic E-state index is 13.7. The SMILES string of the molecule is CCC1CCCC(n2nnnc2-c2ccc(N)c(F)c2)C1. The van der Waals surface area contributed by atoms with E-state index in [2.05, 4.69) is 22.4 Å². The molecule has 1 fully saturated rings. The van der Waals surface area contributed by atoms with E-state index in [1.54, 1.807) is 12.1 Å². The fourth-order valence-corrected chi connectivity index (χ4v) is 3.15. The highest BCUT2D eigenvalue weighted by molar-refractivity contribution is 5.59. The van der Waals surface area contributed by atoms with Crippen LogP contribution in [-0.2, 0) is 0 Å². The predicted octanol–water partition coefficient (Wildman–Crippen LogP) is 3.20. The Balaban J connectivity index is 1.91. The lowest BCUT2D eigenvalue weighted by Gasteiger charge is -2.28. The number of benzene rings is 1. The van der Waals surface area contributed by atoms with Crippen LogP contribution in [0.3, 0.4) is 0 Å². The molecule has 1 saturated carbocycles. The van der Waals surface area contributed by atoms with Gasteiger partial charge in [-0.25, -0.2) is 9.07 Å². The number of rotatable bonds is 3. The average molecular weight is 289 g/mol. The van der Waals surface area contributed by atoms with Crippen molar-refractivity contribution in [2.75, 3.05) is 5.73 Å². The number of aromatic nitrogens is 4. The molecule has 1 aromatic carbocycles. The number of nitrogens with zero attached hydrogens (tertiary/aromatic N) is 4. The lowest BCUT2D eigenvalue weighted by Crippen LogP contribution is -2.20. The van der Waals surface area contributed by atoms with Crippen LogP contribution in [0.25, 0.3) is 11.4 Å². The normalized spacial score (nSPS) is 22.4. The van der Waals surface area contributed by atoms with Gasteiger partial charge in [-0.1, -0.05) is 26.2 Å². The highest BCUT2D eigenvalue weighted by Gasteiger charge is 2.25. The second-order valence-corrected chi connectivity index (χ2v) is 5.78. The van der Waals surface area contributed by atoms with Crippen molar-refractivity contribution in [1.82, 2.24) is 20.2 Å². The molecule has 2 aromatic rings. The van der Waals surface area contributed by atoms with E-state index in [4.69, 9.17) is 5.73 Å². The zero-order valence-corrected chi connectivity index (χ0v) is 12.2. The molecule has 1 aliphatic carbocycles. The number of anilines is 1. The van der Waals surface area contributed by atoms with E-state index in [-0.39, 0.29) is 5.69 Å². The molecule has 112 valence electrons. The number of hydrogen-bond acceptors (Lipinski definition) is 4. The molecule has 2 unspecified atom stereocenters. The van der Waals surface area contributed by atoms with Crippen molar-refractivity contribution in [2.45, 2.75) is 45.1 Å². The van der Waals surface area contributed by atoms with Crippen molar-refractivity contribution < 1.29 is 4.39 Å².